The molecule has 0 unspecified atom stereocenters. The van der Waals surface area contributed by atoms with Crippen molar-refractivity contribution in [3.05, 3.63) is 120 Å². The number of azo groups is 1. The van der Waals surface area contributed by atoms with E-state index in [-0.39, 0.29) is 5.56 Å². The van der Waals surface area contributed by atoms with Crippen molar-refractivity contribution in [2.45, 2.75) is 5.60 Å². The first-order chi connectivity index (χ1) is 18.5. The second-order valence-corrected chi connectivity index (χ2v) is 8.06. The van der Waals surface area contributed by atoms with Crippen LogP contribution in [-0.4, -0.2) is 31.2 Å². The third-order valence-electron chi connectivity index (χ3n) is 5.70. The smallest absolute Gasteiger partial charge is 0.362 e. The van der Waals surface area contributed by atoms with Crippen molar-refractivity contribution < 1.29 is 29.0 Å². The maximum atomic E-state index is 13.1. The quantitative estimate of drug-likeness (QED) is 0.227. The Morgan fingerprint density at radius 2 is 1.34 bits per heavy atom. The summed E-state index contributed by atoms with van der Waals surface area (Å²) in [4.78, 5) is 30.6. The van der Waals surface area contributed by atoms with Gasteiger partial charge in [-0.3, -0.25) is 4.79 Å². The van der Waals surface area contributed by atoms with E-state index >= 15 is 0 Å². The van der Waals surface area contributed by atoms with Crippen LogP contribution in [0.1, 0.15) is 21.5 Å². The normalized spacial score (nSPS) is 11.1. The highest BCUT2D eigenvalue weighted by molar-refractivity contribution is 5.91. The lowest BCUT2D eigenvalue weighted by Crippen LogP contribution is -2.35. The summed E-state index contributed by atoms with van der Waals surface area (Å²) in [7, 11) is 2.98. The number of nitrogens with one attached hydrogen (secondary N) is 1. The lowest BCUT2D eigenvalue weighted by atomic mass is 9.86. The molecular formula is C29H25N3O6. The molecule has 0 fully saturated rings. The van der Waals surface area contributed by atoms with Gasteiger partial charge < -0.3 is 19.4 Å². The number of hydrogen-bond donors (Lipinski definition) is 2. The number of ether oxygens (including phenoxy) is 2. The van der Waals surface area contributed by atoms with E-state index in [2.05, 4.69) is 15.7 Å². The fourth-order valence-corrected chi connectivity index (χ4v) is 3.67. The topological polar surface area (TPSA) is 119 Å². The van der Waals surface area contributed by atoms with Crippen LogP contribution >= 0.6 is 0 Å². The molecule has 0 saturated heterocycles. The number of hydrogen-bond acceptors (Lipinski definition) is 8. The lowest BCUT2D eigenvalue weighted by Gasteiger charge is -2.25. The molecular weight excluding hydrogens is 486 g/mol. The van der Waals surface area contributed by atoms with Crippen LogP contribution in [0.4, 0.5) is 11.4 Å². The molecule has 2 N–H and O–H groups in total. The molecule has 0 aliphatic heterocycles. The Morgan fingerprint density at radius 3 is 1.89 bits per heavy atom. The fraction of sp³-hybridized carbons (Fsp3) is 0.103. The van der Waals surface area contributed by atoms with Crippen LogP contribution in [0.3, 0.4) is 0 Å². The molecule has 38 heavy (non-hydrogen) atoms. The average molecular weight is 512 g/mol. The average Bonchev–Trinajstić information content (AvgIpc) is 2.99. The van der Waals surface area contributed by atoms with Crippen molar-refractivity contribution in [2.75, 3.05) is 19.7 Å². The zero-order valence-electron chi connectivity index (χ0n) is 20.7. The first-order valence-electron chi connectivity index (χ1n) is 11.5. The van der Waals surface area contributed by atoms with E-state index in [1.165, 1.54) is 20.3 Å². The first-order valence-corrected chi connectivity index (χ1v) is 11.5. The lowest BCUT2D eigenvalue weighted by molar-refractivity contribution is -0.133. The molecule has 9 nitrogen and oxygen atoms in total. The Balaban J connectivity index is 1.44. The molecule has 4 aromatic carbocycles. The standard InChI is InChI=1S/C29H25N3O6/c1-36-25-18-13-20(19-26(25)37-2)27(33)38-32-24-16-14-23(15-17-24)30-31-28(34)29(35,21-9-5-3-6-10-21)22-11-7-4-8-12-22/h3-19,32,35H,1-2H3. The Labute approximate surface area is 219 Å². The largest absolute Gasteiger partial charge is 0.493 e. The first kappa shape index (κ1) is 26.1. The molecule has 0 spiro atoms. The van der Waals surface area contributed by atoms with E-state index in [1.807, 2.05) is 0 Å². The van der Waals surface area contributed by atoms with Gasteiger partial charge in [0.05, 0.1) is 31.2 Å². The van der Waals surface area contributed by atoms with Crippen molar-refractivity contribution in [1.82, 2.24) is 0 Å². The van der Waals surface area contributed by atoms with Gasteiger partial charge in [0.1, 0.15) is 0 Å². The molecule has 0 atom stereocenters. The van der Waals surface area contributed by atoms with E-state index in [1.54, 1.807) is 97.1 Å². The van der Waals surface area contributed by atoms with Crippen LogP contribution in [0.15, 0.2) is 113 Å². The van der Waals surface area contributed by atoms with Gasteiger partial charge >= 0.3 is 11.9 Å². The summed E-state index contributed by atoms with van der Waals surface area (Å²) in [6.45, 7) is 0. The van der Waals surface area contributed by atoms with Gasteiger partial charge in [0.15, 0.2) is 17.1 Å². The van der Waals surface area contributed by atoms with Crippen LogP contribution in [0.25, 0.3) is 0 Å². The summed E-state index contributed by atoms with van der Waals surface area (Å²) in [5, 5.41) is 19.2. The van der Waals surface area contributed by atoms with E-state index in [0.29, 0.717) is 34.0 Å². The van der Waals surface area contributed by atoms with Crippen molar-refractivity contribution in [1.29, 1.82) is 0 Å². The molecule has 1 amide bonds. The highest BCUT2D eigenvalue weighted by Crippen LogP contribution is 2.32. The predicted octanol–water partition coefficient (Wildman–Crippen LogP) is 5.43. The molecule has 0 bridgehead atoms. The third kappa shape index (κ3) is 5.69. The Bertz CT molecular complexity index is 1380. The van der Waals surface area contributed by atoms with Crippen LogP contribution < -0.4 is 15.0 Å². The number of benzene rings is 4. The van der Waals surface area contributed by atoms with Gasteiger partial charge in [-0.15, -0.1) is 10.2 Å². The number of carbonyl (C=O) groups is 2. The molecule has 4 rings (SSSR count). The molecule has 0 saturated carbocycles. The van der Waals surface area contributed by atoms with Gasteiger partial charge in [0.25, 0.3) is 0 Å². The minimum atomic E-state index is -1.99. The molecule has 0 heterocycles. The molecule has 192 valence electrons. The summed E-state index contributed by atoms with van der Waals surface area (Å²) in [5.41, 5.74) is 2.43. The second-order valence-electron chi connectivity index (χ2n) is 8.06. The van der Waals surface area contributed by atoms with Crippen molar-refractivity contribution in [3.63, 3.8) is 0 Å². The summed E-state index contributed by atoms with van der Waals surface area (Å²) in [6, 6.07) is 28.2. The van der Waals surface area contributed by atoms with Gasteiger partial charge in [0, 0.05) is 0 Å². The maximum absolute atomic E-state index is 13.1. The van der Waals surface area contributed by atoms with E-state index in [4.69, 9.17) is 14.3 Å². The highest BCUT2D eigenvalue weighted by Gasteiger charge is 2.40. The molecule has 0 aromatic heterocycles. The summed E-state index contributed by atoms with van der Waals surface area (Å²) < 4.78 is 10.4. The predicted molar refractivity (Wildman–Crippen MR) is 140 cm³/mol. The molecule has 0 radical (unpaired) electrons. The monoisotopic (exact) mass is 511 g/mol. The van der Waals surface area contributed by atoms with Gasteiger partial charge in [0.2, 0.25) is 0 Å². The summed E-state index contributed by atoms with van der Waals surface area (Å²) in [5.74, 6) is -0.564. The van der Waals surface area contributed by atoms with E-state index in [9.17, 15) is 14.7 Å². The van der Waals surface area contributed by atoms with Crippen LogP contribution in [-0.2, 0) is 15.2 Å². The van der Waals surface area contributed by atoms with Crippen LogP contribution in [0, 0.1) is 0 Å². The molecule has 9 heteroatoms. The fourth-order valence-electron chi connectivity index (χ4n) is 3.67. The number of carbonyl (C=O) groups excluding carboxylic acids is 2. The van der Waals surface area contributed by atoms with Gasteiger partial charge in [-0.25, -0.2) is 10.3 Å². The summed E-state index contributed by atoms with van der Waals surface area (Å²) >= 11 is 0. The number of aliphatic hydroxyl groups is 1. The number of rotatable bonds is 9. The van der Waals surface area contributed by atoms with E-state index < -0.39 is 17.5 Å². The van der Waals surface area contributed by atoms with Crippen LogP contribution in [0.2, 0.25) is 0 Å². The third-order valence-corrected chi connectivity index (χ3v) is 5.70. The number of methoxy groups -OCH3 is 2. The van der Waals surface area contributed by atoms with Crippen molar-refractivity contribution in [3.8, 4) is 11.5 Å². The number of nitrogens with zero attached hydrogens (tertiary/aromatic N) is 2. The highest BCUT2D eigenvalue weighted by atomic mass is 16.7. The molecule has 0 aliphatic rings. The zero-order valence-corrected chi connectivity index (χ0v) is 20.7. The Hall–Kier alpha value is -5.02. The Kier molecular flexibility index (Phi) is 8.10. The number of amides is 1. The van der Waals surface area contributed by atoms with Crippen molar-refractivity contribution in [2.24, 2.45) is 10.2 Å². The molecule has 0 aliphatic carbocycles. The van der Waals surface area contributed by atoms with Gasteiger partial charge in [-0.1, -0.05) is 60.7 Å². The van der Waals surface area contributed by atoms with Crippen molar-refractivity contribution >= 4 is 23.3 Å². The zero-order chi connectivity index (χ0) is 27.0. The molecule has 4 aromatic rings. The van der Waals surface area contributed by atoms with Crippen LogP contribution in [0.5, 0.6) is 11.5 Å². The van der Waals surface area contributed by atoms with Gasteiger partial charge in [-0.2, -0.15) is 0 Å². The number of anilines is 1. The minimum Gasteiger partial charge on any atom is -0.493 e. The summed E-state index contributed by atoms with van der Waals surface area (Å²) in [6.07, 6.45) is 0. The SMILES string of the molecule is COc1ccc(C(=O)ONc2ccc(N=NC(=O)C(O)(c3ccccc3)c3ccccc3)cc2)cc1OC. The van der Waals surface area contributed by atoms with E-state index in [0.717, 1.165) is 0 Å². The van der Waals surface area contributed by atoms with Gasteiger partial charge in [-0.05, 0) is 53.6 Å². The Morgan fingerprint density at radius 1 is 0.763 bits per heavy atom. The second kappa shape index (κ2) is 11.8. The maximum Gasteiger partial charge on any atom is 0.362 e. The minimum absolute atomic E-state index is 0.267.